The molecule has 0 amide bonds. The zero-order valence-electron chi connectivity index (χ0n) is 13.4. The highest BCUT2D eigenvalue weighted by Gasteiger charge is 2.40. The molecule has 3 nitrogen and oxygen atoms in total. The van der Waals surface area contributed by atoms with Gasteiger partial charge in [-0.2, -0.15) is 0 Å². The molecule has 1 aromatic rings. The van der Waals surface area contributed by atoms with Gasteiger partial charge in [0.15, 0.2) is 0 Å². The summed E-state index contributed by atoms with van der Waals surface area (Å²) in [5.74, 6) is 0.767. The van der Waals surface area contributed by atoms with Gasteiger partial charge in [0.1, 0.15) is 0 Å². The Morgan fingerprint density at radius 3 is 2.85 bits per heavy atom. The largest absolute Gasteiger partial charge is 0.316 e. The number of rotatable bonds is 6. The van der Waals surface area contributed by atoms with E-state index in [1.54, 1.807) is 0 Å². The van der Waals surface area contributed by atoms with Crippen molar-refractivity contribution < 1.29 is 0 Å². The standard InChI is InChI=1S/C17H29N3/c1-17(2)10-8-14(16(17)18-3)13-20(4)12-9-15-7-5-6-11-19-15/h5-7,11,14,16,18H,8-10,12-13H2,1-4H3. The Balaban J connectivity index is 1.81. The van der Waals surface area contributed by atoms with Gasteiger partial charge in [-0.1, -0.05) is 19.9 Å². The molecule has 3 heteroatoms. The molecule has 1 aromatic heterocycles. The molecule has 0 aromatic carbocycles. The molecular formula is C17H29N3. The van der Waals surface area contributed by atoms with Crippen LogP contribution in [0.3, 0.4) is 0 Å². The molecule has 1 aliphatic carbocycles. The first-order chi connectivity index (χ1) is 9.53. The number of hydrogen-bond donors (Lipinski definition) is 1. The Bertz CT molecular complexity index is 402. The lowest BCUT2D eigenvalue weighted by atomic mass is 9.85. The van der Waals surface area contributed by atoms with Crippen molar-refractivity contribution in [3.63, 3.8) is 0 Å². The molecule has 1 fully saturated rings. The van der Waals surface area contributed by atoms with E-state index in [1.165, 1.54) is 25.1 Å². The van der Waals surface area contributed by atoms with E-state index < -0.39 is 0 Å². The van der Waals surface area contributed by atoms with Crippen molar-refractivity contribution in [2.45, 2.75) is 39.2 Å². The Kier molecular flexibility index (Phi) is 5.17. The van der Waals surface area contributed by atoms with E-state index in [0.717, 1.165) is 18.9 Å². The second-order valence-electron chi connectivity index (χ2n) is 6.89. The van der Waals surface area contributed by atoms with Gasteiger partial charge in [0.25, 0.3) is 0 Å². The summed E-state index contributed by atoms with van der Waals surface area (Å²) in [7, 11) is 4.35. The summed E-state index contributed by atoms with van der Waals surface area (Å²) >= 11 is 0. The van der Waals surface area contributed by atoms with Gasteiger partial charge in [0.2, 0.25) is 0 Å². The zero-order valence-corrected chi connectivity index (χ0v) is 13.4. The van der Waals surface area contributed by atoms with Crippen LogP contribution in [0, 0.1) is 11.3 Å². The van der Waals surface area contributed by atoms with Gasteiger partial charge >= 0.3 is 0 Å². The third-order valence-corrected chi connectivity index (χ3v) is 4.81. The third kappa shape index (κ3) is 3.80. The van der Waals surface area contributed by atoms with E-state index in [-0.39, 0.29) is 0 Å². The molecule has 1 heterocycles. The molecule has 1 aliphatic rings. The molecule has 2 unspecified atom stereocenters. The normalized spacial score (nSPS) is 25.2. The van der Waals surface area contributed by atoms with Crippen molar-refractivity contribution in [1.82, 2.24) is 15.2 Å². The first-order valence-corrected chi connectivity index (χ1v) is 7.78. The molecule has 0 radical (unpaired) electrons. The highest BCUT2D eigenvalue weighted by atomic mass is 15.1. The first kappa shape index (κ1) is 15.5. The quantitative estimate of drug-likeness (QED) is 0.865. The third-order valence-electron chi connectivity index (χ3n) is 4.81. The minimum atomic E-state index is 0.432. The van der Waals surface area contributed by atoms with Gasteiger partial charge in [0, 0.05) is 37.4 Å². The summed E-state index contributed by atoms with van der Waals surface area (Å²) in [6, 6.07) is 6.80. The summed E-state index contributed by atoms with van der Waals surface area (Å²) in [4.78, 5) is 6.86. The number of aromatic nitrogens is 1. The predicted octanol–water partition coefficient (Wildman–Crippen LogP) is 2.58. The van der Waals surface area contributed by atoms with E-state index in [0.29, 0.717) is 11.5 Å². The van der Waals surface area contributed by atoms with E-state index in [2.05, 4.69) is 55.3 Å². The van der Waals surface area contributed by atoms with Crippen LogP contribution in [-0.2, 0) is 6.42 Å². The van der Waals surface area contributed by atoms with Crippen LogP contribution in [0.1, 0.15) is 32.4 Å². The first-order valence-electron chi connectivity index (χ1n) is 7.78. The van der Waals surface area contributed by atoms with Crippen LogP contribution in [0.5, 0.6) is 0 Å². The lowest BCUT2D eigenvalue weighted by Crippen LogP contribution is -2.43. The molecule has 112 valence electrons. The summed E-state index contributed by atoms with van der Waals surface area (Å²) in [5.41, 5.74) is 1.62. The van der Waals surface area contributed by atoms with Crippen LogP contribution in [0.15, 0.2) is 24.4 Å². The lowest BCUT2D eigenvalue weighted by molar-refractivity contribution is 0.212. The van der Waals surface area contributed by atoms with Crippen molar-refractivity contribution in [3.05, 3.63) is 30.1 Å². The maximum atomic E-state index is 4.40. The summed E-state index contributed by atoms with van der Waals surface area (Å²) < 4.78 is 0. The van der Waals surface area contributed by atoms with Gasteiger partial charge in [-0.3, -0.25) is 4.98 Å². The molecule has 20 heavy (non-hydrogen) atoms. The van der Waals surface area contributed by atoms with Crippen LogP contribution in [0.25, 0.3) is 0 Å². The monoisotopic (exact) mass is 275 g/mol. The van der Waals surface area contributed by atoms with E-state index in [4.69, 9.17) is 0 Å². The second kappa shape index (κ2) is 6.68. The number of pyridine rings is 1. The van der Waals surface area contributed by atoms with Gasteiger partial charge in [0.05, 0.1) is 0 Å². The fourth-order valence-electron chi connectivity index (χ4n) is 3.68. The van der Waals surface area contributed by atoms with Gasteiger partial charge in [-0.15, -0.1) is 0 Å². The second-order valence-corrected chi connectivity index (χ2v) is 6.89. The fraction of sp³-hybridized carbons (Fsp3) is 0.706. The number of hydrogen-bond acceptors (Lipinski definition) is 3. The van der Waals surface area contributed by atoms with E-state index in [1.807, 2.05) is 12.3 Å². The lowest BCUT2D eigenvalue weighted by Gasteiger charge is -2.32. The Morgan fingerprint density at radius 1 is 1.40 bits per heavy atom. The van der Waals surface area contributed by atoms with Crippen LogP contribution < -0.4 is 5.32 Å². The zero-order chi connectivity index (χ0) is 14.6. The van der Waals surface area contributed by atoms with Gasteiger partial charge in [-0.25, -0.2) is 0 Å². The highest BCUT2D eigenvalue weighted by Crippen LogP contribution is 2.41. The summed E-state index contributed by atoms with van der Waals surface area (Å²) in [6.45, 7) is 7.05. The molecule has 1 saturated carbocycles. The van der Waals surface area contributed by atoms with Crippen molar-refractivity contribution in [3.8, 4) is 0 Å². The molecule has 0 spiro atoms. The number of nitrogens with one attached hydrogen (secondary N) is 1. The van der Waals surface area contributed by atoms with Gasteiger partial charge in [-0.05, 0) is 50.4 Å². The topological polar surface area (TPSA) is 28.2 Å². The highest BCUT2D eigenvalue weighted by molar-refractivity contribution is 5.04. The van der Waals surface area contributed by atoms with E-state index >= 15 is 0 Å². The number of nitrogens with zero attached hydrogens (tertiary/aromatic N) is 2. The molecule has 0 bridgehead atoms. The average Bonchev–Trinajstić information content (AvgIpc) is 2.72. The van der Waals surface area contributed by atoms with Crippen molar-refractivity contribution in [1.29, 1.82) is 0 Å². The Morgan fingerprint density at radius 2 is 2.20 bits per heavy atom. The van der Waals surface area contributed by atoms with Crippen LogP contribution in [-0.4, -0.2) is 43.1 Å². The maximum absolute atomic E-state index is 4.40. The van der Waals surface area contributed by atoms with Crippen LogP contribution in [0.4, 0.5) is 0 Å². The molecular weight excluding hydrogens is 246 g/mol. The Hall–Kier alpha value is -0.930. The molecule has 0 aliphatic heterocycles. The molecule has 0 saturated heterocycles. The SMILES string of the molecule is CNC1C(CN(C)CCc2ccccn2)CCC1(C)C. The van der Waals surface area contributed by atoms with Gasteiger partial charge < -0.3 is 10.2 Å². The minimum Gasteiger partial charge on any atom is -0.316 e. The van der Waals surface area contributed by atoms with Crippen molar-refractivity contribution in [2.75, 3.05) is 27.2 Å². The van der Waals surface area contributed by atoms with E-state index in [9.17, 15) is 0 Å². The minimum absolute atomic E-state index is 0.432. The molecule has 2 rings (SSSR count). The Labute approximate surface area is 123 Å². The van der Waals surface area contributed by atoms with Crippen molar-refractivity contribution in [2.24, 2.45) is 11.3 Å². The van der Waals surface area contributed by atoms with Crippen LogP contribution in [0.2, 0.25) is 0 Å². The summed E-state index contributed by atoms with van der Waals surface area (Å²) in [5, 5.41) is 3.54. The molecule has 2 atom stereocenters. The fourth-order valence-corrected chi connectivity index (χ4v) is 3.68. The molecule has 1 N–H and O–H groups in total. The summed E-state index contributed by atoms with van der Waals surface area (Å²) in [6.07, 6.45) is 5.59. The van der Waals surface area contributed by atoms with Crippen LogP contribution >= 0.6 is 0 Å². The smallest absolute Gasteiger partial charge is 0.0416 e. The predicted molar refractivity (Wildman–Crippen MR) is 84.8 cm³/mol. The van der Waals surface area contributed by atoms with Crippen molar-refractivity contribution >= 4 is 0 Å². The number of likely N-dealkylation sites (N-methyl/N-ethyl adjacent to an activating group) is 1. The average molecular weight is 275 g/mol. The maximum Gasteiger partial charge on any atom is 0.0416 e.